The SMILES string of the molecule is O=C(NC1=C(c2ccc(F)c(F)c2)C23CCCCCN2CCCN3C1=O)c1ccccc1. The van der Waals surface area contributed by atoms with Gasteiger partial charge in [0.1, 0.15) is 11.4 Å². The molecule has 1 N–H and O–H groups in total. The van der Waals surface area contributed by atoms with E-state index in [1.807, 2.05) is 11.0 Å². The lowest BCUT2D eigenvalue weighted by Gasteiger charge is -2.51. The highest BCUT2D eigenvalue weighted by Gasteiger charge is 2.57. The predicted octanol–water partition coefficient (Wildman–Crippen LogP) is 3.92. The Bertz CT molecular complexity index is 1100. The van der Waals surface area contributed by atoms with Crippen molar-refractivity contribution in [3.63, 3.8) is 0 Å². The fourth-order valence-electron chi connectivity index (χ4n) is 5.45. The van der Waals surface area contributed by atoms with Crippen molar-refractivity contribution >= 4 is 17.4 Å². The van der Waals surface area contributed by atoms with Gasteiger partial charge in [0.05, 0.1) is 0 Å². The van der Waals surface area contributed by atoms with Crippen LogP contribution in [0.15, 0.2) is 54.2 Å². The van der Waals surface area contributed by atoms with Crippen molar-refractivity contribution < 1.29 is 18.4 Å². The van der Waals surface area contributed by atoms with E-state index >= 15 is 0 Å². The van der Waals surface area contributed by atoms with E-state index in [1.165, 1.54) is 6.07 Å². The van der Waals surface area contributed by atoms with Crippen LogP contribution in [0.3, 0.4) is 0 Å². The quantitative estimate of drug-likeness (QED) is 0.792. The zero-order valence-corrected chi connectivity index (χ0v) is 17.7. The molecule has 5 nitrogen and oxygen atoms in total. The smallest absolute Gasteiger partial charge is 0.272 e. The zero-order valence-electron chi connectivity index (χ0n) is 17.7. The number of amides is 2. The van der Waals surface area contributed by atoms with Crippen LogP contribution in [0.5, 0.6) is 0 Å². The number of benzene rings is 2. The van der Waals surface area contributed by atoms with Crippen LogP contribution in [0.4, 0.5) is 8.78 Å². The summed E-state index contributed by atoms with van der Waals surface area (Å²) in [5.74, 6) is -2.57. The minimum Gasteiger partial charge on any atom is -0.317 e. The van der Waals surface area contributed by atoms with Crippen LogP contribution in [-0.4, -0.2) is 46.9 Å². The Balaban J connectivity index is 1.69. The molecule has 0 aromatic heterocycles. The van der Waals surface area contributed by atoms with Gasteiger partial charge in [0, 0.05) is 30.8 Å². The summed E-state index contributed by atoms with van der Waals surface area (Å²) in [6, 6.07) is 12.4. The summed E-state index contributed by atoms with van der Waals surface area (Å²) in [7, 11) is 0. The van der Waals surface area contributed by atoms with Crippen LogP contribution in [0.1, 0.15) is 48.0 Å². The molecule has 32 heavy (non-hydrogen) atoms. The second kappa shape index (κ2) is 8.13. The minimum atomic E-state index is -0.970. The first-order valence-corrected chi connectivity index (χ1v) is 11.2. The number of hydrogen-bond acceptors (Lipinski definition) is 3. The lowest BCUT2D eigenvalue weighted by atomic mass is 9.86. The molecular weight excluding hydrogens is 412 g/mol. The van der Waals surface area contributed by atoms with Gasteiger partial charge in [-0.05, 0) is 55.5 Å². The average Bonchev–Trinajstić information content (AvgIpc) is 2.93. The van der Waals surface area contributed by atoms with Crippen molar-refractivity contribution in [3.05, 3.63) is 77.0 Å². The van der Waals surface area contributed by atoms with Crippen molar-refractivity contribution in [3.8, 4) is 0 Å². The third-order valence-corrected chi connectivity index (χ3v) is 6.83. The van der Waals surface area contributed by atoms with Gasteiger partial charge < -0.3 is 10.2 Å². The van der Waals surface area contributed by atoms with Crippen LogP contribution in [-0.2, 0) is 4.79 Å². The molecule has 2 aromatic carbocycles. The number of nitrogens with zero attached hydrogens (tertiary/aromatic N) is 2. The van der Waals surface area contributed by atoms with Crippen LogP contribution in [0.25, 0.3) is 5.57 Å². The van der Waals surface area contributed by atoms with E-state index in [2.05, 4.69) is 10.2 Å². The Labute approximate surface area is 185 Å². The molecule has 1 spiro atoms. The number of halogens is 2. The van der Waals surface area contributed by atoms with Crippen molar-refractivity contribution in [1.29, 1.82) is 0 Å². The standard InChI is InChI=1S/C25H25F2N3O2/c26-19-11-10-18(16-20(19)27)21-22(28-23(31)17-8-3-1-4-9-17)24(32)30-15-7-14-29-13-6-2-5-12-25(21,29)30/h1,3-4,8-11,16H,2,5-7,12-15H2,(H,28,31). The van der Waals surface area contributed by atoms with Gasteiger partial charge in [-0.1, -0.05) is 30.7 Å². The Morgan fingerprint density at radius 3 is 2.47 bits per heavy atom. The zero-order chi connectivity index (χ0) is 22.3. The molecular formula is C25H25F2N3O2. The molecule has 3 heterocycles. The molecule has 5 rings (SSSR count). The summed E-state index contributed by atoms with van der Waals surface area (Å²) in [5.41, 5.74) is 0.843. The van der Waals surface area contributed by atoms with Gasteiger partial charge in [-0.25, -0.2) is 8.78 Å². The van der Waals surface area contributed by atoms with Gasteiger partial charge >= 0.3 is 0 Å². The summed E-state index contributed by atoms with van der Waals surface area (Å²) >= 11 is 0. The summed E-state index contributed by atoms with van der Waals surface area (Å²) in [5, 5.41) is 2.84. The van der Waals surface area contributed by atoms with E-state index in [4.69, 9.17) is 0 Å². The molecule has 1 unspecified atom stereocenters. The molecule has 3 aliphatic rings. The van der Waals surface area contributed by atoms with Gasteiger partial charge in [0.2, 0.25) is 0 Å². The number of carbonyl (C=O) groups is 2. The predicted molar refractivity (Wildman–Crippen MR) is 116 cm³/mol. The molecule has 166 valence electrons. The highest BCUT2D eigenvalue weighted by molar-refractivity contribution is 6.12. The van der Waals surface area contributed by atoms with Gasteiger partial charge in [0.25, 0.3) is 11.8 Å². The van der Waals surface area contributed by atoms with Crippen molar-refractivity contribution in [2.45, 2.75) is 37.8 Å². The third kappa shape index (κ3) is 3.23. The molecule has 7 heteroatoms. The largest absolute Gasteiger partial charge is 0.317 e. The summed E-state index contributed by atoms with van der Waals surface area (Å²) in [6.45, 7) is 2.20. The number of rotatable bonds is 3. The third-order valence-electron chi connectivity index (χ3n) is 6.83. The monoisotopic (exact) mass is 437 g/mol. The van der Waals surface area contributed by atoms with Crippen LogP contribution >= 0.6 is 0 Å². The van der Waals surface area contributed by atoms with Crippen LogP contribution in [0.2, 0.25) is 0 Å². The molecule has 2 saturated heterocycles. The average molecular weight is 437 g/mol. The maximum absolute atomic E-state index is 14.3. The lowest BCUT2D eigenvalue weighted by Crippen LogP contribution is -2.63. The first-order chi connectivity index (χ1) is 15.5. The molecule has 2 aromatic rings. The van der Waals surface area contributed by atoms with E-state index in [0.29, 0.717) is 29.7 Å². The van der Waals surface area contributed by atoms with Crippen LogP contribution < -0.4 is 5.32 Å². The van der Waals surface area contributed by atoms with E-state index < -0.39 is 23.2 Å². The number of nitrogens with one attached hydrogen (secondary N) is 1. The topological polar surface area (TPSA) is 52.7 Å². The number of carbonyl (C=O) groups excluding carboxylic acids is 2. The molecule has 3 aliphatic heterocycles. The van der Waals surface area contributed by atoms with Crippen molar-refractivity contribution in [1.82, 2.24) is 15.1 Å². The van der Waals surface area contributed by atoms with Gasteiger partial charge in [-0.15, -0.1) is 0 Å². The fraction of sp³-hybridized carbons (Fsp3) is 0.360. The van der Waals surface area contributed by atoms with E-state index in [1.54, 1.807) is 24.3 Å². The highest BCUT2D eigenvalue weighted by Crippen LogP contribution is 2.49. The second-order valence-electron chi connectivity index (χ2n) is 8.62. The Kier molecular flexibility index (Phi) is 5.29. The molecule has 0 radical (unpaired) electrons. The van der Waals surface area contributed by atoms with E-state index in [9.17, 15) is 18.4 Å². The number of hydrogen-bond donors (Lipinski definition) is 1. The fourth-order valence-corrected chi connectivity index (χ4v) is 5.45. The maximum Gasteiger partial charge on any atom is 0.272 e. The first-order valence-electron chi connectivity index (χ1n) is 11.2. The Morgan fingerprint density at radius 2 is 1.69 bits per heavy atom. The van der Waals surface area contributed by atoms with Crippen LogP contribution in [0, 0.1) is 11.6 Å². The summed E-state index contributed by atoms with van der Waals surface area (Å²) < 4.78 is 28.1. The molecule has 2 fully saturated rings. The Morgan fingerprint density at radius 1 is 0.906 bits per heavy atom. The normalized spacial score (nSPS) is 23.6. The Hall–Kier alpha value is -3.06. The first kappa shape index (κ1) is 20.8. The highest BCUT2D eigenvalue weighted by atomic mass is 19.2. The van der Waals surface area contributed by atoms with Crippen molar-refractivity contribution in [2.75, 3.05) is 19.6 Å². The van der Waals surface area contributed by atoms with E-state index in [0.717, 1.165) is 50.9 Å². The summed E-state index contributed by atoms with van der Waals surface area (Å²) in [6.07, 6.45) is 4.49. The van der Waals surface area contributed by atoms with Gasteiger partial charge in [-0.2, -0.15) is 0 Å². The lowest BCUT2D eigenvalue weighted by molar-refractivity contribution is -0.139. The van der Waals surface area contributed by atoms with Gasteiger partial charge in [-0.3, -0.25) is 14.5 Å². The molecule has 0 bridgehead atoms. The summed E-state index contributed by atoms with van der Waals surface area (Å²) in [4.78, 5) is 30.8. The van der Waals surface area contributed by atoms with E-state index in [-0.39, 0.29) is 11.6 Å². The maximum atomic E-state index is 14.3. The molecule has 0 saturated carbocycles. The van der Waals surface area contributed by atoms with Crippen molar-refractivity contribution in [2.24, 2.45) is 0 Å². The molecule has 2 amide bonds. The molecule has 0 aliphatic carbocycles. The molecule has 1 atom stereocenters. The second-order valence-corrected chi connectivity index (χ2v) is 8.62. The van der Waals surface area contributed by atoms with Gasteiger partial charge in [0.15, 0.2) is 11.6 Å². The minimum absolute atomic E-state index is 0.165.